The number of carbonyl (C=O) groups is 1. The van der Waals surface area contributed by atoms with Crippen molar-refractivity contribution in [1.29, 1.82) is 0 Å². The lowest BCUT2D eigenvalue weighted by atomic mass is 10.2. The number of nitrogens with one attached hydrogen (secondary N) is 2. The van der Waals surface area contributed by atoms with Crippen molar-refractivity contribution in [3.05, 3.63) is 213 Å². The minimum absolute atomic E-state index is 0. The number of hydrogen-bond donors (Lipinski definition) is 3. The molecule has 3 heterocycles. The number of benzene rings is 6. The van der Waals surface area contributed by atoms with E-state index >= 15 is 0 Å². The SMILES string of the molecule is CCOC(OCC)OCC.CNc1ncccc1Nc1cccc(N(c2ccccc2)c2ccccc2)c1.C[n+]1cn(-c2cccc(N(c3ccccc3)c3ccccc3)c2)c2cccnc21.Cl.O=CO.[Cl-]. The second-order valence-electron chi connectivity index (χ2n) is 15.1. The molecule has 0 fully saturated rings. The number of para-hydroxylation sites is 4. The zero-order chi connectivity index (χ0) is 49.3. The number of pyridine rings is 2. The molecule has 15 heteroatoms. The fourth-order valence-corrected chi connectivity index (χ4v) is 7.46. The van der Waals surface area contributed by atoms with Gasteiger partial charge < -0.3 is 52.2 Å². The average molecular weight is 1010 g/mol. The molecule has 0 amide bonds. The third-order valence-corrected chi connectivity index (χ3v) is 10.4. The Bertz CT molecular complexity index is 2830. The fraction of sp³-hybridized carbons (Fsp3) is 0.158. The van der Waals surface area contributed by atoms with Crippen LogP contribution in [0.4, 0.5) is 51.3 Å². The molecule has 3 aromatic heterocycles. The highest BCUT2D eigenvalue weighted by Crippen LogP contribution is 2.37. The summed E-state index contributed by atoms with van der Waals surface area (Å²) in [6.45, 7) is 6.85. The third-order valence-electron chi connectivity index (χ3n) is 10.4. The monoisotopic (exact) mass is 1010 g/mol. The molecule has 6 aromatic carbocycles. The molecule has 374 valence electrons. The molecule has 0 unspecified atom stereocenters. The summed E-state index contributed by atoms with van der Waals surface area (Å²) < 4.78 is 19.5. The van der Waals surface area contributed by atoms with Gasteiger partial charge >= 0.3 is 5.65 Å². The molecule has 0 spiro atoms. The van der Waals surface area contributed by atoms with Crippen molar-refractivity contribution in [2.24, 2.45) is 7.05 Å². The first-order valence-corrected chi connectivity index (χ1v) is 23.1. The molecule has 0 aliphatic heterocycles. The lowest BCUT2D eigenvalue weighted by Crippen LogP contribution is -3.00. The van der Waals surface area contributed by atoms with E-state index in [1.54, 1.807) is 6.20 Å². The van der Waals surface area contributed by atoms with E-state index in [2.05, 4.69) is 193 Å². The van der Waals surface area contributed by atoms with E-state index in [1.165, 1.54) is 0 Å². The van der Waals surface area contributed by atoms with Crippen molar-refractivity contribution >= 4 is 81.4 Å². The van der Waals surface area contributed by atoms with Gasteiger partial charge in [-0.2, -0.15) is 0 Å². The number of carboxylic acid groups (broad SMARTS) is 1. The Morgan fingerprint density at radius 3 is 1.50 bits per heavy atom. The standard InChI is InChI=1S/C25H21N4.C24H22N4.C7H16O3.CH2O2.2ClH/c1-27-19-28(24-16-9-17-26-25(24)27)22-14-8-15-23(18-22)29(20-10-4-2-5-11-20)21-12-6-3-7-13-21;1-25-24-23(16-9-17-26-24)27-19-10-8-15-22(18-19)28(20-11-4-2-5-12-20)21-13-6-3-7-14-21;1-4-8-7(9-5-2)10-6-3;2-1-3;;/h2-19H,1H3;2-18,27H,1H3,(H,25,26);7H,4-6H2,1-3H3;1H,(H,2,3);2*1H/q+1;;;;;/p-1. The summed E-state index contributed by atoms with van der Waals surface area (Å²) in [6, 6.07) is 66.7. The van der Waals surface area contributed by atoms with Gasteiger partial charge in [0.25, 0.3) is 12.9 Å². The second kappa shape index (κ2) is 30.7. The van der Waals surface area contributed by atoms with Crippen LogP contribution in [0.5, 0.6) is 0 Å². The molecule has 0 saturated carbocycles. The highest BCUT2D eigenvalue weighted by Gasteiger charge is 2.18. The number of hydrogen-bond acceptors (Lipinski definition) is 10. The van der Waals surface area contributed by atoms with E-state index in [-0.39, 0.29) is 31.3 Å². The van der Waals surface area contributed by atoms with E-state index in [1.807, 2.05) is 88.1 Å². The summed E-state index contributed by atoms with van der Waals surface area (Å²) in [5, 5.41) is 13.5. The Morgan fingerprint density at radius 1 is 0.597 bits per heavy atom. The summed E-state index contributed by atoms with van der Waals surface area (Å²) in [6.07, 6.45) is 5.68. The minimum Gasteiger partial charge on any atom is -1.00 e. The van der Waals surface area contributed by atoms with Crippen molar-refractivity contribution in [3.63, 3.8) is 0 Å². The van der Waals surface area contributed by atoms with E-state index < -0.39 is 6.48 Å². The quantitative estimate of drug-likeness (QED) is 0.0486. The van der Waals surface area contributed by atoms with Crippen LogP contribution in [-0.4, -0.2) is 59.5 Å². The predicted octanol–water partition coefficient (Wildman–Crippen LogP) is 10.2. The van der Waals surface area contributed by atoms with Crippen LogP contribution < -0.4 is 37.4 Å². The zero-order valence-corrected chi connectivity index (χ0v) is 42.6. The number of rotatable bonds is 16. The Morgan fingerprint density at radius 2 is 1.03 bits per heavy atom. The van der Waals surface area contributed by atoms with Gasteiger partial charge in [0, 0.05) is 78.9 Å². The Kier molecular flexibility index (Phi) is 24.3. The zero-order valence-electron chi connectivity index (χ0n) is 41.0. The summed E-state index contributed by atoms with van der Waals surface area (Å²) in [5.41, 5.74) is 11.7. The molecule has 0 atom stereocenters. The maximum Gasteiger partial charge on any atom is 0.301 e. The van der Waals surface area contributed by atoms with Gasteiger partial charge in [0.05, 0.1) is 12.7 Å². The average Bonchev–Trinajstić information content (AvgIpc) is 3.75. The summed E-state index contributed by atoms with van der Waals surface area (Å²) in [5.74, 6) is 0.816. The van der Waals surface area contributed by atoms with Crippen molar-refractivity contribution < 1.29 is 41.1 Å². The van der Waals surface area contributed by atoms with Crippen LogP contribution in [0, 0.1) is 0 Å². The largest absolute Gasteiger partial charge is 1.00 e. The molecule has 9 aromatic rings. The number of halogens is 2. The molecule has 0 saturated heterocycles. The first-order valence-electron chi connectivity index (χ1n) is 23.1. The van der Waals surface area contributed by atoms with Gasteiger partial charge in [-0.05, 0) is 124 Å². The number of ether oxygens (including phenoxy) is 3. The predicted molar refractivity (Wildman–Crippen MR) is 290 cm³/mol. The summed E-state index contributed by atoms with van der Waals surface area (Å²) in [4.78, 5) is 21.7. The first kappa shape index (κ1) is 56.8. The number of aryl methyl sites for hydroxylation is 1. The van der Waals surface area contributed by atoms with Crippen LogP contribution in [0.3, 0.4) is 0 Å². The van der Waals surface area contributed by atoms with Gasteiger partial charge in [0.15, 0.2) is 11.8 Å². The number of fused-ring (bicyclic) bond motifs is 1. The molecule has 3 N–H and O–H groups in total. The van der Waals surface area contributed by atoms with E-state index in [4.69, 9.17) is 24.1 Å². The van der Waals surface area contributed by atoms with Crippen LogP contribution in [0.25, 0.3) is 16.9 Å². The van der Waals surface area contributed by atoms with Crippen molar-refractivity contribution in [3.8, 4) is 5.69 Å². The molecular formula is C57H62Cl2N8O5. The Hall–Kier alpha value is -7.78. The Balaban J connectivity index is 0.000000247. The molecule has 0 radical (unpaired) electrons. The summed E-state index contributed by atoms with van der Waals surface area (Å²) in [7, 11) is 3.90. The molecular weight excluding hydrogens is 948 g/mol. The molecule has 9 rings (SSSR count). The third kappa shape index (κ3) is 15.9. The van der Waals surface area contributed by atoms with E-state index in [9.17, 15) is 0 Å². The summed E-state index contributed by atoms with van der Waals surface area (Å²) >= 11 is 0. The molecule has 0 aliphatic rings. The van der Waals surface area contributed by atoms with Gasteiger partial charge in [-0.15, -0.1) is 17.4 Å². The first-order chi connectivity index (χ1) is 34.4. The highest BCUT2D eigenvalue weighted by atomic mass is 35.5. The number of aromatic nitrogens is 4. The minimum atomic E-state index is -0.472. The normalized spacial score (nSPS) is 10.1. The smallest absolute Gasteiger partial charge is 0.301 e. The highest BCUT2D eigenvalue weighted by molar-refractivity contribution is 5.85. The van der Waals surface area contributed by atoms with Crippen LogP contribution >= 0.6 is 12.4 Å². The van der Waals surface area contributed by atoms with Crippen molar-refractivity contribution in [1.82, 2.24) is 14.5 Å². The second-order valence-corrected chi connectivity index (χ2v) is 15.1. The van der Waals surface area contributed by atoms with Gasteiger partial charge in [0.2, 0.25) is 0 Å². The van der Waals surface area contributed by atoms with Gasteiger partial charge in [-0.1, -0.05) is 84.9 Å². The Labute approximate surface area is 435 Å². The molecule has 13 nitrogen and oxygen atoms in total. The molecule has 0 bridgehead atoms. The lowest BCUT2D eigenvalue weighted by molar-refractivity contribution is -0.647. The van der Waals surface area contributed by atoms with Gasteiger partial charge in [-0.25, -0.2) is 14.1 Å². The van der Waals surface area contributed by atoms with Gasteiger partial charge in [-0.3, -0.25) is 4.79 Å². The lowest BCUT2D eigenvalue weighted by Gasteiger charge is -2.26. The van der Waals surface area contributed by atoms with Gasteiger partial charge in [0.1, 0.15) is 17.7 Å². The molecule has 72 heavy (non-hydrogen) atoms. The topological polar surface area (TPSA) is 130 Å². The fourth-order valence-electron chi connectivity index (χ4n) is 7.46. The van der Waals surface area contributed by atoms with Crippen molar-refractivity contribution in [2.45, 2.75) is 27.2 Å². The number of imidazole rings is 1. The maximum absolute atomic E-state index is 8.36. The number of nitrogens with zero attached hydrogens (tertiary/aromatic N) is 6. The van der Waals surface area contributed by atoms with Crippen molar-refractivity contribution in [2.75, 3.05) is 47.3 Å². The van der Waals surface area contributed by atoms with Crippen LogP contribution in [0.15, 0.2) is 213 Å². The van der Waals surface area contributed by atoms with Crippen LogP contribution in [0.1, 0.15) is 20.8 Å². The van der Waals surface area contributed by atoms with Crippen LogP contribution in [-0.2, 0) is 26.1 Å². The number of anilines is 9. The van der Waals surface area contributed by atoms with E-state index in [0.717, 1.165) is 68.2 Å². The van der Waals surface area contributed by atoms with Crippen LogP contribution in [0.2, 0.25) is 0 Å². The maximum atomic E-state index is 8.36. The van der Waals surface area contributed by atoms with E-state index in [0.29, 0.717) is 19.8 Å². The molecule has 0 aliphatic carbocycles.